The first-order chi connectivity index (χ1) is 13.7. The first-order valence-electron chi connectivity index (χ1n) is 11.2. The van der Waals surface area contributed by atoms with Crippen molar-refractivity contribution < 1.29 is 9.53 Å². The van der Waals surface area contributed by atoms with Gasteiger partial charge in [-0.2, -0.15) is 0 Å². The monoisotopic (exact) mass is 538 g/mol. The number of nitrogens with one attached hydrogen (secondary N) is 3. The van der Waals surface area contributed by atoms with Gasteiger partial charge in [-0.05, 0) is 40.5 Å². The summed E-state index contributed by atoms with van der Waals surface area (Å²) in [6.07, 6.45) is 1.20. The van der Waals surface area contributed by atoms with Gasteiger partial charge in [0.25, 0.3) is 0 Å². The Balaban J connectivity index is 0.00000450. The number of piperazine rings is 3. The minimum Gasteiger partial charge on any atom is -0.444 e. The SMILES string of the molecule is CCNC(=NCC(CC)(CC)NC(=O)OC(C)(C)C)NCC1CN2CCN1CC2.I. The number of amides is 1. The second-order valence-corrected chi connectivity index (χ2v) is 9.18. The molecule has 3 fully saturated rings. The summed E-state index contributed by atoms with van der Waals surface area (Å²) in [6.45, 7) is 19.9. The van der Waals surface area contributed by atoms with Crippen LogP contribution in [0.3, 0.4) is 0 Å². The van der Waals surface area contributed by atoms with Crippen molar-refractivity contribution in [3.05, 3.63) is 0 Å². The molecule has 2 bridgehead atoms. The van der Waals surface area contributed by atoms with Gasteiger partial charge < -0.3 is 20.7 Å². The number of hydrogen-bond donors (Lipinski definition) is 3. The maximum atomic E-state index is 12.3. The van der Waals surface area contributed by atoms with Gasteiger partial charge >= 0.3 is 6.09 Å². The standard InChI is InChI=1S/C21H42N6O2.HI/c1-7-21(8-2,25-19(28)29-20(4,5)6)16-24-18(22-9-3)23-14-17-15-26-10-12-27(17)13-11-26;/h17H,7-16H2,1-6H3,(H,25,28)(H2,22,23,24);1H. The lowest BCUT2D eigenvalue weighted by Crippen LogP contribution is -2.64. The van der Waals surface area contributed by atoms with Crippen LogP contribution >= 0.6 is 24.0 Å². The molecule has 9 heteroatoms. The van der Waals surface area contributed by atoms with E-state index in [1.165, 1.54) is 13.1 Å². The van der Waals surface area contributed by atoms with Gasteiger partial charge in [-0.15, -0.1) is 24.0 Å². The van der Waals surface area contributed by atoms with Gasteiger partial charge in [-0.1, -0.05) is 13.8 Å². The number of carbonyl (C=O) groups excluding carboxylic acids is 1. The molecule has 3 saturated heterocycles. The van der Waals surface area contributed by atoms with E-state index in [1.54, 1.807) is 0 Å². The van der Waals surface area contributed by atoms with E-state index in [1.807, 2.05) is 20.8 Å². The van der Waals surface area contributed by atoms with Crippen LogP contribution in [-0.4, -0.2) is 91.4 Å². The van der Waals surface area contributed by atoms with E-state index in [4.69, 9.17) is 9.73 Å². The number of rotatable bonds is 8. The Kier molecular flexibility index (Phi) is 11.1. The van der Waals surface area contributed by atoms with E-state index < -0.39 is 11.1 Å². The van der Waals surface area contributed by atoms with Crippen molar-refractivity contribution in [1.29, 1.82) is 0 Å². The van der Waals surface area contributed by atoms with Crippen LogP contribution in [0.4, 0.5) is 4.79 Å². The molecule has 0 aromatic carbocycles. The third kappa shape index (κ3) is 8.37. The molecule has 8 nitrogen and oxygen atoms in total. The van der Waals surface area contributed by atoms with Gasteiger partial charge in [0, 0.05) is 51.9 Å². The fourth-order valence-corrected chi connectivity index (χ4v) is 3.91. The summed E-state index contributed by atoms with van der Waals surface area (Å²) in [5, 5.41) is 9.93. The van der Waals surface area contributed by atoms with E-state index in [-0.39, 0.29) is 30.1 Å². The zero-order valence-electron chi connectivity index (χ0n) is 19.7. The number of carbonyl (C=O) groups is 1. The molecule has 0 aromatic heterocycles. The van der Waals surface area contributed by atoms with E-state index in [0.717, 1.165) is 51.5 Å². The zero-order valence-corrected chi connectivity index (χ0v) is 22.0. The molecule has 3 aliphatic rings. The minimum absolute atomic E-state index is 0. The number of alkyl carbamates (subject to hydrolysis) is 1. The summed E-state index contributed by atoms with van der Waals surface area (Å²) >= 11 is 0. The molecule has 176 valence electrons. The second-order valence-electron chi connectivity index (χ2n) is 9.18. The molecule has 0 radical (unpaired) electrons. The molecule has 1 atom stereocenters. The summed E-state index contributed by atoms with van der Waals surface area (Å²) in [7, 11) is 0. The normalized spacial score (nSPS) is 24.1. The molecule has 3 N–H and O–H groups in total. The van der Waals surface area contributed by atoms with Crippen LogP contribution in [0.2, 0.25) is 0 Å². The average Bonchev–Trinajstić information content (AvgIpc) is 2.68. The van der Waals surface area contributed by atoms with Crippen molar-refractivity contribution in [2.24, 2.45) is 4.99 Å². The van der Waals surface area contributed by atoms with Crippen LogP contribution in [0.1, 0.15) is 54.4 Å². The predicted molar refractivity (Wildman–Crippen MR) is 134 cm³/mol. The summed E-state index contributed by atoms with van der Waals surface area (Å²) in [6, 6.07) is 0.531. The molecule has 3 rings (SSSR count). The smallest absolute Gasteiger partial charge is 0.408 e. The first kappa shape index (κ1) is 27.2. The quantitative estimate of drug-likeness (QED) is 0.250. The lowest BCUT2D eigenvalue weighted by atomic mass is 9.93. The molecular weight excluding hydrogens is 495 g/mol. The number of ether oxygens (including phenoxy) is 1. The van der Waals surface area contributed by atoms with Crippen molar-refractivity contribution in [1.82, 2.24) is 25.8 Å². The Morgan fingerprint density at radius 3 is 2.17 bits per heavy atom. The highest BCUT2D eigenvalue weighted by Crippen LogP contribution is 2.18. The summed E-state index contributed by atoms with van der Waals surface area (Å²) in [4.78, 5) is 22.3. The average molecular weight is 539 g/mol. The van der Waals surface area contributed by atoms with Crippen LogP contribution in [-0.2, 0) is 4.74 Å². The molecule has 1 amide bonds. The highest BCUT2D eigenvalue weighted by Gasteiger charge is 2.32. The van der Waals surface area contributed by atoms with Gasteiger partial charge in [-0.3, -0.25) is 14.8 Å². The van der Waals surface area contributed by atoms with E-state index in [0.29, 0.717) is 12.6 Å². The summed E-state index contributed by atoms with van der Waals surface area (Å²) < 4.78 is 5.47. The molecule has 0 saturated carbocycles. The van der Waals surface area contributed by atoms with Crippen molar-refractivity contribution >= 4 is 36.0 Å². The van der Waals surface area contributed by atoms with Crippen LogP contribution in [0.5, 0.6) is 0 Å². The first-order valence-corrected chi connectivity index (χ1v) is 11.2. The second kappa shape index (κ2) is 12.3. The number of hydrogen-bond acceptors (Lipinski definition) is 5. The van der Waals surface area contributed by atoms with Crippen molar-refractivity contribution in [2.45, 2.75) is 71.6 Å². The number of halogens is 1. The number of aliphatic imine (C=N–C) groups is 1. The van der Waals surface area contributed by atoms with Gasteiger partial charge in [-0.25, -0.2) is 4.79 Å². The maximum absolute atomic E-state index is 12.3. The lowest BCUT2D eigenvalue weighted by molar-refractivity contribution is 0.0154. The number of fused-ring (bicyclic) bond motifs is 3. The van der Waals surface area contributed by atoms with Crippen molar-refractivity contribution in [3.8, 4) is 0 Å². The number of nitrogens with zero attached hydrogens (tertiary/aromatic N) is 3. The van der Waals surface area contributed by atoms with Crippen molar-refractivity contribution in [3.63, 3.8) is 0 Å². The van der Waals surface area contributed by atoms with Gasteiger partial charge in [0.1, 0.15) is 5.60 Å². The highest BCUT2D eigenvalue weighted by atomic mass is 127. The van der Waals surface area contributed by atoms with Gasteiger partial charge in [0.2, 0.25) is 0 Å². The third-order valence-electron chi connectivity index (χ3n) is 5.90. The predicted octanol–water partition coefficient (Wildman–Crippen LogP) is 2.24. The molecule has 3 heterocycles. The van der Waals surface area contributed by atoms with Crippen LogP contribution in [0, 0.1) is 0 Å². The van der Waals surface area contributed by atoms with E-state index in [9.17, 15) is 4.79 Å². The molecule has 0 spiro atoms. The van der Waals surface area contributed by atoms with Gasteiger partial charge in [0.15, 0.2) is 5.96 Å². The van der Waals surface area contributed by atoms with Crippen LogP contribution in [0.25, 0.3) is 0 Å². The highest BCUT2D eigenvalue weighted by molar-refractivity contribution is 14.0. The van der Waals surface area contributed by atoms with Gasteiger partial charge in [0.05, 0.1) is 12.1 Å². The Labute approximate surface area is 200 Å². The Morgan fingerprint density at radius 1 is 1.07 bits per heavy atom. The Morgan fingerprint density at radius 2 is 1.70 bits per heavy atom. The van der Waals surface area contributed by atoms with E-state index in [2.05, 4.69) is 46.5 Å². The largest absolute Gasteiger partial charge is 0.444 e. The Hall–Kier alpha value is -0.810. The topological polar surface area (TPSA) is 81.2 Å². The lowest BCUT2D eigenvalue weighted by Gasteiger charge is -2.47. The fourth-order valence-electron chi connectivity index (χ4n) is 3.91. The molecule has 1 unspecified atom stereocenters. The maximum Gasteiger partial charge on any atom is 0.408 e. The summed E-state index contributed by atoms with van der Waals surface area (Å²) in [5.74, 6) is 0.808. The third-order valence-corrected chi connectivity index (χ3v) is 5.90. The van der Waals surface area contributed by atoms with Crippen molar-refractivity contribution in [2.75, 3.05) is 52.4 Å². The Bertz CT molecular complexity index is 554. The molecule has 0 aromatic rings. The minimum atomic E-state index is -0.512. The zero-order chi connectivity index (χ0) is 21.5. The van der Waals surface area contributed by atoms with Crippen LogP contribution in [0.15, 0.2) is 4.99 Å². The van der Waals surface area contributed by atoms with E-state index >= 15 is 0 Å². The number of guanidine groups is 1. The molecule has 0 aliphatic carbocycles. The molecule has 30 heavy (non-hydrogen) atoms. The fraction of sp³-hybridized carbons (Fsp3) is 0.905. The molecule has 3 aliphatic heterocycles. The summed E-state index contributed by atoms with van der Waals surface area (Å²) in [5.41, 5.74) is -0.925. The molecular formula is C21H43IN6O2. The van der Waals surface area contributed by atoms with Crippen LogP contribution < -0.4 is 16.0 Å².